The quantitative estimate of drug-likeness (QED) is 0.326. The molecule has 0 aromatic heterocycles. The number of halogens is 2. The predicted molar refractivity (Wildman–Crippen MR) is 34.7 cm³/mol. The minimum atomic E-state index is -0.513. The first-order chi connectivity index (χ1) is 4.20. The lowest BCUT2D eigenvalue weighted by atomic mass is 10.4. The molecule has 0 bridgehead atoms. The summed E-state index contributed by atoms with van der Waals surface area (Å²) in [5, 5.41) is 0. The topological polar surface area (TPSA) is 20.1 Å². The van der Waals surface area contributed by atoms with Crippen LogP contribution in [0.4, 0.5) is 4.39 Å². The Morgan fingerprint density at radius 3 is 2.89 bits per heavy atom. The Morgan fingerprint density at radius 2 is 2.44 bits per heavy atom. The number of hydrogen-bond acceptors (Lipinski definition) is 1. The maximum atomic E-state index is 12.1. The highest BCUT2D eigenvalue weighted by Gasteiger charge is 2.20. The van der Waals surface area contributed by atoms with Crippen molar-refractivity contribution in [1.29, 1.82) is 0 Å². The molecule has 1 unspecified atom stereocenters. The summed E-state index contributed by atoms with van der Waals surface area (Å²) in [5.41, 5.74) is 0. The van der Waals surface area contributed by atoms with Gasteiger partial charge in [0.15, 0.2) is 5.83 Å². The van der Waals surface area contributed by atoms with Gasteiger partial charge in [0.25, 0.3) is 11.2 Å². The molecule has 48 valence electrons. The van der Waals surface area contributed by atoms with E-state index in [1.165, 1.54) is 12.2 Å². The van der Waals surface area contributed by atoms with Gasteiger partial charge in [-0.15, -0.1) is 0 Å². The van der Waals surface area contributed by atoms with E-state index in [0.29, 0.717) is 4.76 Å². The van der Waals surface area contributed by atoms with Crippen LogP contribution < -0.4 is 0 Å². The van der Waals surface area contributed by atoms with Gasteiger partial charge in [-0.1, -0.05) is 0 Å². The first kappa shape index (κ1) is 6.61. The fourth-order valence-corrected chi connectivity index (χ4v) is 0.763. The first-order valence-corrected chi connectivity index (χ1v) is 3.27. The highest BCUT2D eigenvalue weighted by molar-refractivity contribution is 9.09. The summed E-state index contributed by atoms with van der Waals surface area (Å²) in [6.45, 7) is 0. The maximum Gasteiger partial charge on any atom is 0.279 e. The third-order valence-electron chi connectivity index (χ3n) is 0.908. The molecule has 1 heterocycles. The van der Waals surface area contributed by atoms with Crippen molar-refractivity contribution in [3.05, 3.63) is 29.1 Å². The molecule has 2 nitrogen and oxygen atoms in total. The first-order valence-electron chi connectivity index (χ1n) is 2.35. The van der Waals surface area contributed by atoms with Gasteiger partial charge in [0.05, 0.1) is 4.76 Å². The molecule has 0 saturated carbocycles. The van der Waals surface area contributed by atoms with Crippen molar-refractivity contribution < 1.29 is 9.15 Å². The van der Waals surface area contributed by atoms with Gasteiger partial charge in [-0.2, -0.15) is 0 Å². The van der Waals surface area contributed by atoms with E-state index in [-0.39, 0.29) is 0 Å². The minimum Gasteiger partial charge on any atom is -0.200 e. The van der Waals surface area contributed by atoms with E-state index < -0.39 is 10.8 Å². The molecule has 0 spiro atoms. The van der Waals surface area contributed by atoms with E-state index in [2.05, 4.69) is 15.9 Å². The second kappa shape index (κ2) is 2.39. The second-order valence-electron chi connectivity index (χ2n) is 1.61. The molecule has 1 rings (SSSR count). The molecule has 1 aliphatic rings. The highest BCUT2D eigenvalue weighted by atomic mass is 79.9. The summed E-state index contributed by atoms with van der Waals surface area (Å²) in [7, 11) is 0. The van der Waals surface area contributed by atoms with Crippen molar-refractivity contribution in [2.24, 2.45) is 0 Å². The summed E-state index contributed by atoms with van der Waals surface area (Å²) >= 11 is 3.00. The third-order valence-corrected chi connectivity index (χ3v) is 1.62. The SMILES string of the molecule is O=[N+]1C=C(F)C=CC1Br. The van der Waals surface area contributed by atoms with E-state index in [9.17, 15) is 9.30 Å². The van der Waals surface area contributed by atoms with Crippen molar-refractivity contribution in [2.75, 3.05) is 0 Å². The van der Waals surface area contributed by atoms with E-state index in [0.717, 1.165) is 6.20 Å². The van der Waals surface area contributed by atoms with Crippen molar-refractivity contribution in [3.63, 3.8) is 0 Å². The zero-order chi connectivity index (χ0) is 6.85. The predicted octanol–water partition coefficient (Wildman–Crippen LogP) is 1.87. The molecule has 0 aromatic rings. The van der Waals surface area contributed by atoms with E-state index in [4.69, 9.17) is 0 Å². The number of allylic oxidation sites excluding steroid dienone is 2. The van der Waals surface area contributed by atoms with Crippen LogP contribution in [0.15, 0.2) is 24.2 Å². The van der Waals surface area contributed by atoms with Crippen molar-refractivity contribution in [1.82, 2.24) is 0 Å². The van der Waals surface area contributed by atoms with Crippen LogP contribution in [0.2, 0.25) is 0 Å². The number of nitroso groups, excluding NO2 is 1. The van der Waals surface area contributed by atoms with Crippen LogP contribution in [0.25, 0.3) is 0 Å². The minimum absolute atomic E-state index is 0.419. The number of hydrogen-bond donors (Lipinski definition) is 0. The van der Waals surface area contributed by atoms with Gasteiger partial charge in [-0.3, -0.25) is 0 Å². The van der Waals surface area contributed by atoms with Crippen LogP contribution in [0, 0.1) is 4.91 Å². The summed E-state index contributed by atoms with van der Waals surface area (Å²) in [5.74, 6) is -0.513. The molecule has 9 heavy (non-hydrogen) atoms. The fourth-order valence-electron chi connectivity index (χ4n) is 0.492. The lowest BCUT2D eigenvalue weighted by molar-refractivity contribution is -0.483. The van der Waals surface area contributed by atoms with Gasteiger partial charge in [0.2, 0.25) is 0 Å². The highest BCUT2D eigenvalue weighted by Crippen LogP contribution is 2.13. The Hall–Kier alpha value is -0.510. The van der Waals surface area contributed by atoms with E-state index in [1.54, 1.807) is 0 Å². The molecule has 0 aromatic carbocycles. The lowest BCUT2D eigenvalue weighted by Gasteiger charge is -1.94. The number of nitrogens with zero attached hydrogens (tertiary/aromatic N) is 1. The average molecular weight is 193 g/mol. The smallest absolute Gasteiger partial charge is 0.200 e. The molecular formula is C5H4BrFNO+. The summed E-state index contributed by atoms with van der Waals surface area (Å²) in [4.78, 5) is 10.1. The van der Waals surface area contributed by atoms with Crippen LogP contribution >= 0.6 is 15.9 Å². The molecule has 1 aliphatic heterocycles. The Kier molecular flexibility index (Phi) is 1.75. The van der Waals surface area contributed by atoms with Crippen LogP contribution in [-0.4, -0.2) is 9.71 Å². The Labute approximate surface area is 59.8 Å². The molecule has 0 radical (unpaired) electrons. The van der Waals surface area contributed by atoms with E-state index >= 15 is 0 Å². The second-order valence-corrected chi connectivity index (χ2v) is 2.54. The number of alkyl halides is 1. The fraction of sp³-hybridized carbons (Fsp3) is 0.200. The van der Waals surface area contributed by atoms with Crippen molar-refractivity contribution >= 4 is 15.9 Å². The molecule has 0 fully saturated rings. The van der Waals surface area contributed by atoms with Crippen LogP contribution in [0.3, 0.4) is 0 Å². The van der Waals surface area contributed by atoms with Crippen LogP contribution in [-0.2, 0) is 0 Å². The van der Waals surface area contributed by atoms with Crippen molar-refractivity contribution in [2.45, 2.75) is 4.95 Å². The van der Waals surface area contributed by atoms with Gasteiger partial charge < -0.3 is 0 Å². The molecule has 0 saturated heterocycles. The molecule has 0 aliphatic carbocycles. The maximum absolute atomic E-state index is 12.1. The normalized spacial score (nSPS) is 26.2. The van der Waals surface area contributed by atoms with E-state index in [1.807, 2.05) is 0 Å². The Balaban J connectivity index is 2.82. The zero-order valence-electron chi connectivity index (χ0n) is 4.42. The largest absolute Gasteiger partial charge is 0.279 e. The average Bonchev–Trinajstić information content (AvgIpc) is 1.80. The summed E-state index contributed by atoms with van der Waals surface area (Å²) in [6.07, 6.45) is 3.57. The van der Waals surface area contributed by atoms with Gasteiger partial charge in [0.1, 0.15) is 0 Å². The van der Waals surface area contributed by atoms with Gasteiger partial charge in [-0.05, 0) is 6.08 Å². The summed E-state index contributed by atoms with van der Waals surface area (Å²) in [6, 6.07) is 0. The Bertz CT molecular complexity index is 199. The molecule has 1 atom stereocenters. The molecule has 0 N–H and O–H groups in total. The monoisotopic (exact) mass is 192 g/mol. The van der Waals surface area contributed by atoms with Gasteiger partial charge >= 0.3 is 0 Å². The Morgan fingerprint density at radius 1 is 1.78 bits per heavy atom. The van der Waals surface area contributed by atoms with Crippen LogP contribution in [0.5, 0.6) is 0 Å². The standard InChI is InChI=1S/C5H4BrFNO/c6-5-2-1-4(7)3-8(5)9/h1-3,5H/q+1. The third kappa shape index (κ3) is 1.45. The van der Waals surface area contributed by atoms with Gasteiger partial charge in [-0.25, -0.2) is 4.39 Å². The van der Waals surface area contributed by atoms with Crippen molar-refractivity contribution in [3.8, 4) is 0 Å². The zero-order valence-corrected chi connectivity index (χ0v) is 6.01. The van der Waals surface area contributed by atoms with Gasteiger partial charge in [0, 0.05) is 26.9 Å². The molecule has 4 heteroatoms. The summed E-state index contributed by atoms with van der Waals surface area (Å²) < 4.78 is 12.6. The molecular weight excluding hydrogens is 189 g/mol. The van der Waals surface area contributed by atoms with Crippen LogP contribution in [0.1, 0.15) is 0 Å². The lowest BCUT2D eigenvalue weighted by Crippen LogP contribution is -2.11. The molecule has 0 amide bonds. The number of rotatable bonds is 0.